The van der Waals surface area contributed by atoms with E-state index in [0.29, 0.717) is 36.0 Å². The molecule has 1 saturated heterocycles. The molecule has 0 bridgehead atoms. The molecular weight excluding hydrogens is 342 g/mol. The minimum atomic E-state index is -3.55. The molecule has 8 heteroatoms. The molecule has 0 radical (unpaired) electrons. The number of sulfone groups is 1. The number of carbonyl (C=O) groups excluding carboxylic acids is 1. The maximum Gasteiger partial charge on any atom is 0.245 e. The fourth-order valence-electron chi connectivity index (χ4n) is 3.06. The minimum Gasteiger partial charge on any atom is -0.441 e. The molecule has 0 spiro atoms. The monoisotopic (exact) mass is 363 g/mol. The number of carbonyl (C=O) groups is 1. The van der Waals surface area contributed by atoms with Crippen molar-refractivity contribution in [1.82, 2.24) is 10.3 Å². The second kappa shape index (κ2) is 6.61. The summed E-state index contributed by atoms with van der Waals surface area (Å²) in [6.07, 6.45) is 3.27. The van der Waals surface area contributed by atoms with E-state index in [0.717, 1.165) is 6.26 Å². The second-order valence-corrected chi connectivity index (χ2v) is 8.65. The SMILES string of the molecule is Cc1cnc(-c2cccc(NC(=O)C3(S(C)(=O)=O)CCNCC3)c2)o1. The van der Waals surface area contributed by atoms with Crippen molar-refractivity contribution >= 4 is 21.4 Å². The van der Waals surface area contributed by atoms with Gasteiger partial charge in [-0.15, -0.1) is 0 Å². The van der Waals surface area contributed by atoms with Crippen LogP contribution in [0.4, 0.5) is 5.69 Å². The first-order valence-electron chi connectivity index (χ1n) is 8.06. The lowest BCUT2D eigenvalue weighted by molar-refractivity contribution is -0.119. The summed E-state index contributed by atoms with van der Waals surface area (Å²) in [5.74, 6) is 0.653. The van der Waals surface area contributed by atoms with E-state index < -0.39 is 20.5 Å². The summed E-state index contributed by atoms with van der Waals surface area (Å²) in [5.41, 5.74) is 1.23. The molecule has 1 aromatic carbocycles. The van der Waals surface area contributed by atoms with Gasteiger partial charge < -0.3 is 15.1 Å². The Morgan fingerprint density at radius 3 is 2.64 bits per heavy atom. The molecule has 0 atom stereocenters. The fourth-order valence-corrected chi connectivity index (χ4v) is 4.39. The van der Waals surface area contributed by atoms with Crippen molar-refractivity contribution in [3.8, 4) is 11.5 Å². The van der Waals surface area contributed by atoms with Gasteiger partial charge in [0.1, 0.15) is 5.76 Å². The lowest BCUT2D eigenvalue weighted by atomic mass is 9.95. The average molecular weight is 363 g/mol. The smallest absolute Gasteiger partial charge is 0.245 e. The molecule has 0 aliphatic carbocycles. The van der Waals surface area contributed by atoms with E-state index in [1.165, 1.54) is 0 Å². The van der Waals surface area contributed by atoms with Crippen LogP contribution in [-0.2, 0) is 14.6 Å². The zero-order valence-electron chi connectivity index (χ0n) is 14.2. The molecule has 1 fully saturated rings. The molecule has 2 aromatic rings. The summed E-state index contributed by atoms with van der Waals surface area (Å²) in [7, 11) is -3.55. The second-order valence-electron chi connectivity index (χ2n) is 6.33. The van der Waals surface area contributed by atoms with Crippen LogP contribution in [-0.4, -0.2) is 43.4 Å². The fraction of sp³-hybridized carbons (Fsp3) is 0.412. The average Bonchev–Trinajstić information content (AvgIpc) is 3.01. The third-order valence-corrected chi connectivity index (χ3v) is 6.54. The normalized spacial score (nSPS) is 17.2. The number of nitrogens with zero attached hydrogens (tertiary/aromatic N) is 1. The Balaban J connectivity index is 1.87. The van der Waals surface area contributed by atoms with Crippen LogP contribution in [0.25, 0.3) is 11.5 Å². The molecule has 1 aliphatic rings. The first-order chi connectivity index (χ1) is 11.8. The Labute approximate surface area is 146 Å². The number of rotatable bonds is 4. The van der Waals surface area contributed by atoms with Gasteiger partial charge in [-0.05, 0) is 51.1 Å². The van der Waals surface area contributed by atoms with Gasteiger partial charge in [0, 0.05) is 17.5 Å². The highest BCUT2D eigenvalue weighted by Gasteiger charge is 2.48. The number of hydrogen-bond acceptors (Lipinski definition) is 6. The molecule has 1 aromatic heterocycles. The quantitative estimate of drug-likeness (QED) is 0.858. The molecule has 25 heavy (non-hydrogen) atoms. The van der Waals surface area contributed by atoms with Crippen molar-refractivity contribution in [2.24, 2.45) is 0 Å². The van der Waals surface area contributed by atoms with Crippen LogP contribution in [0.3, 0.4) is 0 Å². The Morgan fingerprint density at radius 1 is 1.32 bits per heavy atom. The molecule has 2 heterocycles. The maximum absolute atomic E-state index is 12.8. The highest BCUT2D eigenvalue weighted by atomic mass is 32.2. The maximum atomic E-state index is 12.8. The predicted molar refractivity (Wildman–Crippen MR) is 95.0 cm³/mol. The zero-order chi connectivity index (χ0) is 18.1. The van der Waals surface area contributed by atoms with Gasteiger partial charge in [-0.25, -0.2) is 13.4 Å². The molecule has 134 valence electrons. The van der Waals surface area contributed by atoms with E-state index in [1.807, 2.05) is 6.07 Å². The van der Waals surface area contributed by atoms with Crippen LogP contribution in [0.5, 0.6) is 0 Å². The predicted octanol–water partition coefficient (Wildman–Crippen LogP) is 1.76. The lowest BCUT2D eigenvalue weighted by Crippen LogP contribution is -2.55. The number of aryl methyl sites for hydroxylation is 1. The van der Waals surface area contributed by atoms with Crippen LogP contribution in [0.1, 0.15) is 18.6 Å². The van der Waals surface area contributed by atoms with Gasteiger partial charge in [-0.2, -0.15) is 0 Å². The van der Waals surface area contributed by atoms with Gasteiger partial charge in [-0.1, -0.05) is 6.07 Å². The van der Waals surface area contributed by atoms with Gasteiger partial charge in [0.2, 0.25) is 11.8 Å². The van der Waals surface area contributed by atoms with Gasteiger partial charge >= 0.3 is 0 Å². The number of hydrogen-bond donors (Lipinski definition) is 2. The Kier molecular flexibility index (Phi) is 4.66. The van der Waals surface area contributed by atoms with E-state index in [-0.39, 0.29) is 12.8 Å². The number of aromatic nitrogens is 1. The van der Waals surface area contributed by atoms with Crippen LogP contribution < -0.4 is 10.6 Å². The highest BCUT2D eigenvalue weighted by Crippen LogP contribution is 2.30. The number of oxazole rings is 1. The van der Waals surface area contributed by atoms with Crippen LogP contribution >= 0.6 is 0 Å². The van der Waals surface area contributed by atoms with Crippen molar-refractivity contribution in [2.75, 3.05) is 24.7 Å². The zero-order valence-corrected chi connectivity index (χ0v) is 15.0. The summed E-state index contributed by atoms with van der Waals surface area (Å²) >= 11 is 0. The number of piperidine rings is 1. The van der Waals surface area contributed by atoms with Crippen LogP contribution in [0.2, 0.25) is 0 Å². The van der Waals surface area contributed by atoms with E-state index in [2.05, 4.69) is 15.6 Å². The minimum absolute atomic E-state index is 0.260. The highest BCUT2D eigenvalue weighted by molar-refractivity contribution is 7.92. The molecule has 0 saturated carbocycles. The number of nitrogens with one attached hydrogen (secondary N) is 2. The Morgan fingerprint density at radius 2 is 2.04 bits per heavy atom. The molecule has 7 nitrogen and oxygen atoms in total. The van der Waals surface area contributed by atoms with Crippen molar-refractivity contribution in [1.29, 1.82) is 0 Å². The summed E-state index contributed by atoms with van der Waals surface area (Å²) < 4.78 is 28.7. The summed E-state index contributed by atoms with van der Waals surface area (Å²) in [5, 5.41) is 5.86. The first kappa shape index (κ1) is 17.6. The summed E-state index contributed by atoms with van der Waals surface area (Å²) in [4.78, 5) is 17.0. The van der Waals surface area contributed by atoms with Crippen LogP contribution in [0, 0.1) is 6.92 Å². The lowest BCUT2D eigenvalue weighted by Gasteiger charge is -2.34. The molecular formula is C17H21N3O4S. The van der Waals surface area contributed by atoms with Gasteiger partial charge in [0.25, 0.3) is 0 Å². The molecule has 2 N–H and O–H groups in total. The van der Waals surface area contributed by atoms with E-state index >= 15 is 0 Å². The van der Waals surface area contributed by atoms with Crippen molar-refractivity contribution < 1.29 is 17.6 Å². The Bertz CT molecular complexity index is 883. The molecule has 3 rings (SSSR count). The van der Waals surface area contributed by atoms with Crippen molar-refractivity contribution in [2.45, 2.75) is 24.5 Å². The number of anilines is 1. The molecule has 1 amide bonds. The van der Waals surface area contributed by atoms with Crippen LogP contribution in [0.15, 0.2) is 34.9 Å². The third kappa shape index (κ3) is 3.45. The van der Waals surface area contributed by atoms with Crippen molar-refractivity contribution in [3.63, 3.8) is 0 Å². The Hall–Kier alpha value is -2.19. The number of amides is 1. The molecule has 1 aliphatic heterocycles. The third-order valence-electron chi connectivity index (χ3n) is 4.52. The largest absolute Gasteiger partial charge is 0.441 e. The number of benzene rings is 1. The van der Waals surface area contributed by atoms with E-state index in [4.69, 9.17) is 4.42 Å². The summed E-state index contributed by atoms with van der Waals surface area (Å²) in [6.45, 7) is 2.79. The van der Waals surface area contributed by atoms with Crippen molar-refractivity contribution in [3.05, 3.63) is 36.2 Å². The van der Waals surface area contributed by atoms with E-state index in [9.17, 15) is 13.2 Å². The summed E-state index contributed by atoms with van der Waals surface area (Å²) in [6, 6.07) is 7.02. The first-order valence-corrected chi connectivity index (χ1v) is 9.96. The van der Waals surface area contributed by atoms with Gasteiger partial charge in [0.15, 0.2) is 14.6 Å². The van der Waals surface area contributed by atoms with E-state index in [1.54, 1.807) is 31.3 Å². The topological polar surface area (TPSA) is 101 Å². The van der Waals surface area contributed by atoms with Gasteiger partial charge in [-0.3, -0.25) is 4.79 Å². The standard InChI is InChI=1S/C17H21N3O4S/c1-12-11-19-15(24-12)13-4-3-5-14(10-13)20-16(21)17(25(2,22)23)6-8-18-9-7-17/h3-5,10-11,18H,6-9H2,1-2H3,(H,20,21). The molecule has 0 unspecified atom stereocenters. The van der Waals surface area contributed by atoms with Gasteiger partial charge in [0.05, 0.1) is 6.20 Å².